The molecule has 0 aromatic heterocycles. The standard InChI is InChI=1S/C9H18N2O2/c1-2-10-8(12)7-13-9-5-3-4-6-11-9/h9,11H,2-7H2,1H3,(H,10,12)/t9-/m1/s1. The first kappa shape index (κ1) is 10.5. The molecule has 1 saturated heterocycles. The van der Waals surface area contributed by atoms with Crippen molar-refractivity contribution in [2.75, 3.05) is 19.7 Å². The number of carbonyl (C=O) groups is 1. The first-order chi connectivity index (χ1) is 6.33. The second-order valence-electron chi connectivity index (χ2n) is 3.20. The van der Waals surface area contributed by atoms with Crippen molar-refractivity contribution < 1.29 is 9.53 Å². The highest BCUT2D eigenvalue weighted by Crippen LogP contribution is 2.07. The minimum absolute atomic E-state index is 0.0325. The average molecular weight is 186 g/mol. The fourth-order valence-electron chi connectivity index (χ4n) is 1.39. The van der Waals surface area contributed by atoms with Crippen LogP contribution >= 0.6 is 0 Å². The zero-order chi connectivity index (χ0) is 9.52. The number of carbonyl (C=O) groups excluding carboxylic acids is 1. The second-order valence-corrected chi connectivity index (χ2v) is 3.20. The van der Waals surface area contributed by atoms with E-state index in [0.29, 0.717) is 6.54 Å². The van der Waals surface area contributed by atoms with Crippen LogP contribution in [0.3, 0.4) is 0 Å². The Bertz CT molecular complexity index is 156. The molecule has 4 heteroatoms. The summed E-state index contributed by atoms with van der Waals surface area (Å²) in [5.41, 5.74) is 0. The molecule has 2 N–H and O–H groups in total. The Labute approximate surface area is 79.0 Å². The molecule has 13 heavy (non-hydrogen) atoms. The summed E-state index contributed by atoms with van der Waals surface area (Å²) in [6.45, 7) is 3.74. The largest absolute Gasteiger partial charge is 0.354 e. The normalized spacial score (nSPS) is 22.7. The van der Waals surface area contributed by atoms with Gasteiger partial charge in [0.2, 0.25) is 5.91 Å². The van der Waals surface area contributed by atoms with Crippen LogP contribution in [0.4, 0.5) is 0 Å². The van der Waals surface area contributed by atoms with Gasteiger partial charge in [-0.05, 0) is 32.7 Å². The Kier molecular flexibility index (Phi) is 4.78. The van der Waals surface area contributed by atoms with Crippen molar-refractivity contribution in [3.8, 4) is 0 Å². The van der Waals surface area contributed by atoms with Crippen LogP contribution in [0.2, 0.25) is 0 Å². The third kappa shape index (κ3) is 4.24. The fourth-order valence-corrected chi connectivity index (χ4v) is 1.39. The maximum Gasteiger partial charge on any atom is 0.246 e. The molecule has 4 nitrogen and oxygen atoms in total. The molecule has 0 aromatic rings. The summed E-state index contributed by atoms with van der Waals surface area (Å²) in [4.78, 5) is 11.0. The van der Waals surface area contributed by atoms with Gasteiger partial charge in [-0.25, -0.2) is 0 Å². The topological polar surface area (TPSA) is 50.4 Å². The van der Waals surface area contributed by atoms with E-state index in [1.807, 2.05) is 6.92 Å². The Morgan fingerprint density at radius 3 is 3.08 bits per heavy atom. The van der Waals surface area contributed by atoms with Gasteiger partial charge in [-0.1, -0.05) is 0 Å². The van der Waals surface area contributed by atoms with Crippen molar-refractivity contribution in [3.05, 3.63) is 0 Å². The maximum absolute atomic E-state index is 11.0. The fraction of sp³-hybridized carbons (Fsp3) is 0.889. The molecule has 0 aromatic carbocycles. The van der Waals surface area contributed by atoms with Crippen molar-refractivity contribution >= 4 is 5.91 Å². The van der Waals surface area contributed by atoms with Gasteiger partial charge < -0.3 is 10.1 Å². The molecule has 0 aliphatic carbocycles. The summed E-state index contributed by atoms with van der Waals surface area (Å²) in [6, 6.07) is 0. The number of ether oxygens (including phenoxy) is 1. The highest BCUT2D eigenvalue weighted by Gasteiger charge is 2.13. The van der Waals surface area contributed by atoms with Gasteiger partial charge in [0.1, 0.15) is 12.8 Å². The Hall–Kier alpha value is -0.610. The predicted molar refractivity (Wildman–Crippen MR) is 50.3 cm³/mol. The van der Waals surface area contributed by atoms with E-state index >= 15 is 0 Å². The Morgan fingerprint density at radius 1 is 1.62 bits per heavy atom. The molecule has 0 radical (unpaired) electrons. The van der Waals surface area contributed by atoms with Gasteiger partial charge in [-0.2, -0.15) is 0 Å². The molecule has 1 amide bonds. The number of amides is 1. The highest BCUT2D eigenvalue weighted by atomic mass is 16.5. The minimum atomic E-state index is -0.0325. The van der Waals surface area contributed by atoms with Crippen molar-refractivity contribution in [2.24, 2.45) is 0 Å². The monoisotopic (exact) mass is 186 g/mol. The zero-order valence-corrected chi connectivity index (χ0v) is 8.14. The summed E-state index contributed by atoms with van der Waals surface area (Å²) >= 11 is 0. The quantitative estimate of drug-likeness (QED) is 0.661. The molecule has 1 fully saturated rings. The van der Waals surface area contributed by atoms with E-state index in [0.717, 1.165) is 13.0 Å². The lowest BCUT2D eigenvalue weighted by Gasteiger charge is -2.23. The van der Waals surface area contributed by atoms with Crippen molar-refractivity contribution in [1.29, 1.82) is 0 Å². The minimum Gasteiger partial charge on any atom is -0.354 e. The van der Waals surface area contributed by atoms with Gasteiger partial charge in [0.15, 0.2) is 0 Å². The first-order valence-corrected chi connectivity index (χ1v) is 4.94. The van der Waals surface area contributed by atoms with Crippen LogP contribution in [0, 0.1) is 0 Å². The molecule has 1 heterocycles. The highest BCUT2D eigenvalue weighted by molar-refractivity contribution is 5.77. The van der Waals surface area contributed by atoms with E-state index in [1.54, 1.807) is 0 Å². The lowest BCUT2D eigenvalue weighted by atomic mass is 10.1. The van der Waals surface area contributed by atoms with Gasteiger partial charge in [0.25, 0.3) is 0 Å². The number of rotatable bonds is 4. The average Bonchev–Trinajstić information content (AvgIpc) is 2.17. The van der Waals surface area contributed by atoms with Crippen LogP contribution in [-0.4, -0.2) is 31.8 Å². The Balaban J connectivity index is 2.06. The predicted octanol–water partition coefficient (Wildman–Crippen LogP) is 0.239. The maximum atomic E-state index is 11.0. The van der Waals surface area contributed by atoms with E-state index in [1.165, 1.54) is 12.8 Å². The third-order valence-electron chi connectivity index (χ3n) is 2.05. The van der Waals surface area contributed by atoms with Gasteiger partial charge in [0.05, 0.1) is 0 Å². The van der Waals surface area contributed by atoms with E-state index in [9.17, 15) is 4.79 Å². The number of hydrogen-bond acceptors (Lipinski definition) is 3. The summed E-state index contributed by atoms with van der Waals surface area (Å²) in [5.74, 6) is -0.0325. The first-order valence-electron chi connectivity index (χ1n) is 4.94. The molecule has 0 spiro atoms. The number of piperidine rings is 1. The summed E-state index contributed by atoms with van der Waals surface area (Å²) < 4.78 is 5.37. The lowest BCUT2D eigenvalue weighted by Crippen LogP contribution is -2.39. The molecular formula is C9H18N2O2. The van der Waals surface area contributed by atoms with E-state index in [-0.39, 0.29) is 18.7 Å². The molecular weight excluding hydrogens is 168 g/mol. The molecule has 76 valence electrons. The summed E-state index contributed by atoms with van der Waals surface area (Å²) in [5, 5.41) is 5.91. The zero-order valence-electron chi connectivity index (χ0n) is 8.14. The number of hydrogen-bond donors (Lipinski definition) is 2. The van der Waals surface area contributed by atoms with E-state index < -0.39 is 0 Å². The van der Waals surface area contributed by atoms with Gasteiger partial charge >= 0.3 is 0 Å². The molecule has 0 saturated carbocycles. The third-order valence-corrected chi connectivity index (χ3v) is 2.05. The smallest absolute Gasteiger partial charge is 0.246 e. The van der Waals surface area contributed by atoms with Crippen LogP contribution in [0.1, 0.15) is 26.2 Å². The van der Waals surface area contributed by atoms with Crippen LogP contribution in [0.15, 0.2) is 0 Å². The summed E-state index contributed by atoms with van der Waals surface area (Å²) in [7, 11) is 0. The Morgan fingerprint density at radius 2 is 2.46 bits per heavy atom. The van der Waals surface area contributed by atoms with Crippen LogP contribution in [-0.2, 0) is 9.53 Å². The van der Waals surface area contributed by atoms with E-state index in [4.69, 9.17) is 4.74 Å². The second kappa shape index (κ2) is 5.94. The molecule has 1 aliphatic rings. The van der Waals surface area contributed by atoms with Crippen molar-refractivity contribution in [2.45, 2.75) is 32.4 Å². The van der Waals surface area contributed by atoms with Crippen LogP contribution in [0.5, 0.6) is 0 Å². The molecule has 1 atom stereocenters. The SMILES string of the molecule is CCNC(=O)CO[C@@H]1CCCCN1. The molecule has 1 aliphatic heterocycles. The van der Waals surface area contributed by atoms with Gasteiger partial charge in [0, 0.05) is 6.54 Å². The van der Waals surface area contributed by atoms with E-state index in [2.05, 4.69) is 10.6 Å². The van der Waals surface area contributed by atoms with Gasteiger partial charge in [-0.3, -0.25) is 10.1 Å². The summed E-state index contributed by atoms with van der Waals surface area (Å²) in [6.07, 6.45) is 3.49. The molecule has 0 unspecified atom stereocenters. The molecule has 0 bridgehead atoms. The van der Waals surface area contributed by atoms with Crippen LogP contribution in [0.25, 0.3) is 0 Å². The molecule has 1 rings (SSSR count). The number of nitrogens with one attached hydrogen (secondary N) is 2. The van der Waals surface area contributed by atoms with Crippen molar-refractivity contribution in [3.63, 3.8) is 0 Å². The number of likely N-dealkylation sites (N-methyl/N-ethyl adjacent to an activating group) is 1. The van der Waals surface area contributed by atoms with Gasteiger partial charge in [-0.15, -0.1) is 0 Å². The lowest BCUT2D eigenvalue weighted by molar-refractivity contribution is -0.128. The van der Waals surface area contributed by atoms with Crippen LogP contribution < -0.4 is 10.6 Å². The van der Waals surface area contributed by atoms with Crippen molar-refractivity contribution in [1.82, 2.24) is 10.6 Å².